The van der Waals surface area contributed by atoms with Gasteiger partial charge in [0.15, 0.2) is 0 Å². The van der Waals surface area contributed by atoms with Crippen molar-refractivity contribution in [1.29, 1.82) is 0 Å². The van der Waals surface area contributed by atoms with Gasteiger partial charge in [-0.25, -0.2) is 0 Å². The van der Waals surface area contributed by atoms with Crippen molar-refractivity contribution in [2.24, 2.45) is 0 Å². The average Bonchev–Trinajstić information content (AvgIpc) is 3.81. The van der Waals surface area contributed by atoms with Crippen molar-refractivity contribution in [3.05, 3.63) is 247 Å². The maximum absolute atomic E-state index is 6.89. The first kappa shape index (κ1) is 33.0. The number of hydrogen-bond donors (Lipinski definition) is 0. The zero-order valence-electron chi connectivity index (χ0n) is 31.2. The molecule has 1 aliphatic rings. The molecule has 0 atom stereocenters. The summed E-state index contributed by atoms with van der Waals surface area (Å²) in [6.07, 6.45) is 0. The van der Waals surface area contributed by atoms with Crippen molar-refractivity contribution in [3.63, 3.8) is 0 Å². The normalized spacial score (nSPS) is 12.7. The minimum absolute atomic E-state index is 0.484. The highest BCUT2D eigenvalue weighted by atomic mass is 16.3. The fourth-order valence-electron chi connectivity index (χ4n) is 9.21. The molecule has 57 heavy (non-hydrogen) atoms. The molecule has 0 saturated heterocycles. The van der Waals surface area contributed by atoms with E-state index in [1.807, 2.05) is 0 Å². The molecule has 1 aromatic heterocycles. The molecule has 1 heterocycles. The van der Waals surface area contributed by atoms with Crippen molar-refractivity contribution < 1.29 is 4.42 Å². The van der Waals surface area contributed by atoms with E-state index < -0.39 is 5.41 Å². The maximum atomic E-state index is 6.89. The van der Waals surface area contributed by atoms with E-state index >= 15 is 0 Å². The summed E-state index contributed by atoms with van der Waals surface area (Å²) in [6, 6.07) is 80.9. The predicted molar refractivity (Wildman–Crippen MR) is 237 cm³/mol. The Hall–Kier alpha value is -7.42. The Kier molecular flexibility index (Phi) is 7.75. The van der Waals surface area contributed by atoms with Crippen LogP contribution in [0.2, 0.25) is 0 Å². The first-order valence-electron chi connectivity index (χ1n) is 19.6. The molecular weight excluding hydrogens is 691 g/mol. The van der Waals surface area contributed by atoms with E-state index in [2.05, 4.69) is 229 Å². The lowest BCUT2D eigenvalue weighted by Crippen LogP contribution is -2.28. The van der Waals surface area contributed by atoms with Crippen LogP contribution in [0.25, 0.3) is 55.3 Å². The molecule has 0 bridgehead atoms. The molecular formula is C55H37NO. The van der Waals surface area contributed by atoms with Crippen molar-refractivity contribution in [3.8, 4) is 33.4 Å². The van der Waals surface area contributed by atoms with Crippen LogP contribution in [0.3, 0.4) is 0 Å². The highest BCUT2D eigenvalue weighted by Gasteiger charge is 2.46. The Labute approximate surface area is 332 Å². The SMILES string of the molecule is c1ccc(-c2cccc(-c3cccc(N(c4ccccc4)c4ccc5c(c4)oc4cc(C6(c7ccccc7)c7ccccc7-c7ccccc76)ccc45)c3)c2)cc1. The number of rotatable bonds is 7. The van der Waals surface area contributed by atoms with Crippen LogP contribution >= 0.6 is 0 Å². The molecule has 10 aromatic rings. The van der Waals surface area contributed by atoms with Crippen molar-refractivity contribution in [2.45, 2.75) is 5.41 Å². The standard InChI is InChI=1S/C55H37NO/c1-4-16-38(17-5-1)39-18-14-19-40(34-39)41-20-15-25-45(35-41)56(44-23-8-3-9-24-44)46-31-33-50-49-32-30-43(36-53(49)57-54(50)37-46)55(42-21-6-2-7-22-42)51-28-12-10-26-47(51)48-27-11-13-29-52(48)55/h1-37H. The second-order valence-electron chi connectivity index (χ2n) is 14.9. The molecule has 2 nitrogen and oxygen atoms in total. The van der Waals surface area contributed by atoms with E-state index in [9.17, 15) is 0 Å². The van der Waals surface area contributed by atoms with Gasteiger partial charge in [-0.15, -0.1) is 0 Å². The number of para-hydroxylation sites is 1. The number of hydrogen-bond acceptors (Lipinski definition) is 2. The molecule has 1 aliphatic carbocycles. The molecule has 0 N–H and O–H groups in total. The Morgan fingerprint density at radius 2 is 0.807 bits per heavy atom. The van der Waals surface area contributed by atoms with Gasteiger partial charge >= 0.3 is 0 Å². The molecule has 0 fully saturated rings. The first-order chi connectivity index (χ1) is 28.3. The summed E-state index contributed by atoms with van der Waals surface area (Å²) in [6.45, 7) is 0. The molecule has 0 aliphatic heterocycles. The lowest BCUT2D eigenvalue weighted by molar-refractivity contribution is 0.665. The van der Waals surface area contributed by atoms with Crippen LogP contribution in [0.1, 0.15) is 22.3 Å². The van der Waals surface area contributed by atoms with Crippen LogP contribution in [0.15, 0.2) is 229 Å². The zero-order chi connectivity index (χ0) is 37.8. The van der Waals surface area contributed by atoms with Gasteiger partial charge in [0.1, 0.15) is 11.2 Å². The number of nitrogens with zero attached hydrogens (tertiary/aromatic N) is 1. The molecule has 0 saturated carbocycles. The van der Waals surface area contributed by atoms with E-state index in [1.54, 1.807) is 0 Å². The van der Waals surface area contributed by atoms with Gasteiger partial charge in [-0.05, 0) is 104 Å². The van der Waals surface area contributed by atoms with Crippen LogP contribution in [-0.4, -0.2) is 0 Å². The number of furan rings is 1. The van der Waals surface area contributed by atoms with Crippen molar-refractivity contribution >= 4 is 39.0 Å². The molecule has 2 heteroatoms. The molecule has 0 spiro atoms. The summed E-state index contributed by atoms with van der Waals surface area (Å²) >= 11 is 0. The van der Waals surface area contributed by atoms with Crippen LogP contribution in [0.5, 0.6) is 0 Å². The first-order valence-corrected chi connectivity index (χ1v) is 19.6. The van der Waals surface area contributed by atoms with E-state index in [0.29, 0.717) is 0 Å². The lowest BCUT2D eigenvalue weighted by atomic mass is 9.67. The zero-order valence-corrected chi connectivity index (χ0v) is 31.2. The van der Waals surface area contributed by atoms with Crippen molar-refractivity contribution in [1.82, 2.24) is 0 Å². The van der Waals surface area contributed by atoms with Crippen LogP contribution in [0, 0.1) is 0 Å². The number of benzene rings is 9. The average molecular weight is 728 g/mol. The molecule has 0 radical (unpaired) electrons. The third kappa shape index (κ3) is 5.33. The molecule has 9 aromatic carbocycles. The maximum Gasteiger partial charge on any atom is 0.137 e. The van der Waals surface area contributed by atoms with Crippen LogP contribution < -0.4 is 4.90 Å². The second-order valence-corrected chi connectivity index (χ2v) is 14.9. The third-order valence-electron chi connectivity index (χ3n) is 11.7. The summed E-state index contributed by atoms with van der Waals surface area (Å²) in [7, 11) is 0. The minimum atomic E-state index is -0.484. The Balaban J connectivity index is 1.04. The van der Waals surface area contributed by atoms with Crippen LogP contribution in [-0.2, 0) is 5.41 Å². The highest BCUT2D eigenvalue weighted by Crippen LogP contribution is 2.56. The van der Waals surface area contributed by atoms with E-state index in [0.717, 1.165) is 44.6 Å². The molecule has 0 unspecified atom stereocenters. The van der Waals surface area contributed by atoms with Crippen LogP contribution in [0.4, 0.5) is 17.1 Å². The van der Waals surface area contributed by atoms with Crippen molar-refractivity contribution in [2.75, 3.05) is 4.90 Å². The third-order valence-corrected chi connectivity index (χ3v) is 11.7. The monoisotopic (exact) mass is 727 g/mol. The quantitative estimate of drug-likeness (QED) is 0.163. The fraction of sp³-hybridized carbons (Fsp3) is 0.0182. The number of anilines is 3. The van der Waals surface area contributed by atoms with Gasteiger partial charge in [-0.3, -0.25) is 0 Å². The fourth-order valence-corrected chi connectivity index (χ4v) is 9.21. The van der Waals surface area contributed by atoms with E-state index in [4.69, 9.17) is 4.42 Å². The largest absolute Gasteiger partial charge is 0.456 e. The predicted octanol–water partition coefficient (Wildman–Crippen LogP) is 14.8. The Morgan fingerprint density at radius 1 is 0.316 bits per heavy atom. The lowest BCUT2D eigenvalue weighted by Gasteiger charge is -2.33. The summed E-state index contributed by atoms with van der Waals surface area (Å²) in [4.78, 5) is 2.32. The Bertz CT molecular complexity index is 3030. The van der Waals surface area contributed by atoms with Gasteiger partial charge in [0.2, 0.25) is 0 Å². The smallest absolute Gasteiger partial charge is 0.137 e. The molecule has 0 amide bonds. The topological polar surface area (TPSA) is 16.4 Å². The highest BCUT2D eigenvalue weighted by molar-refractivity contribution is 6.06. The molecule has 11 rings (SSSR count). The van der Waals surface area contributed by atoms with Gasteiger partial charge in [-0.1, -0.05) is 170 Å². The minimum Gasteiger partial charge on any atom is -0.456 e. The summed E-state index contributed by atoms with van der Waals surface area (Å²) in [5.74, 6) is 0. The summed E-state index contributed by atoms with van der Waals surface area (Å²) < 4.78 is 6.89. The van der Waals surface area contributed by atoms with E-state index in [1.165, 1.54) is 50.1 Å². The second kappa shape index (κ2) is 13.4. The van der Waals surface area contributed by atoms with Gasteiger partial charge in [-0.2, -0.15) is 0 Å². The van der Waals surface area contributed by atoms with E-state index in [-0.39, 0.29) is 0 Å². The van der Waals surface area contributed by atoms with Gasteiger partial charge < -0.3 is 9.32 Å². The summed E-state index contributed by atoms with van der Waals surface area (Å²) in [5, 5.41) is 2.20. The number of fused-ring (bicyclic) bond motifs is 6. The summed E-state index contributed by atoms with van der Waals surface area (Å²) in [5.41, 5.74) is 16.8. The Morgan fingerprint density at radius 3 is 1.51 bits per heavy atom. The molecule has 268 valence electrons. The van der Waals surface area contributed by atoms with Gasteiger partial charge in [0.05, 0.1) is 5.41 Å². The van der Waals surface area contributed by atoms with Gasteiger partial charge in [0.25, 0.3) is 0 Å². The van der Waals surface area contributed by atoms with Gasteiger partial charge in [0, 0.05) is 33.9 Å².